The molecular formula is C26H25N7O3. The number of hydrogen-bond donors (Lipinski definition) is 0. The van der Waals surface area contributed by atoms with Crippen molar-refractivity contribution in [3.8, 4) is 6.07 Å². The highest BCUT2D eigenvalue weighted by Crippen LogP contribution is 2.44. The predicted molar refractivity (Wildman–Crippen MR) is 130 cm³/mol. The van der Waals surface area contributed by atoms with Crippen molar-refractivity contribution in [1.82, 2.24) is 24.6 Å². The van der Waals surface area contributed by atoms with Crippen LogP contribution in [0.3, 0.4) is 0 Å². The smallest absolute Gasteiger partial charge is 0.330 e. The summed E-state index contributed by atoms with van der Waals surface area (Å²) >= 11 is 0. The summed E-state index contributed by atoms with van der Waals surface area (Å²) in [6, 6.07) is 8.82. The third-order valence-corrected chi connectivity index (χ3v) is 7.50. The molecule has 1 aromatic carbocycles. The Bertz CT molecular complexity index is 1510. The second kappa shape index (κ2) is 7.37. The van der Waals surface area contributed by atoms with E-state index in [1.54, 1.807) is 52.0 Å². The quantitative estimate of drug-likeness (QED) is 0.518. The summed E-state index contributed by atoms with van der Waals surface area (Å²) in [7, 11) is 1.75. The summed E-state index contributed by atoms with van der Waals surface area (Å²) in [5, 5.41) is 14.5. The molecule has 3 aliphatic rings. The standard InChI is InChI=1S/C26H25N7O3/c1-26(2,3)20-11-19(30(4)29-20)23(34)31-13-15-10-18(31)22-24(35)33(25(36)32(15)22)17-8-7-14(12-27)21-16(17)6-5-9-28-21/h5-9,11,15,18,22H,10,13H2,1-4H3/t15-,18?,22?/m1/s1. The van der Waals surface area contributed by atoms with E-state index in [4.69, 9.17) is 0 Å². The number of urea groups is 1. The van der Waals surface area contributed by atoms with Gasteiger partial charge in [-0.2, -0.15) is 10.4 Å². The van der Waals surface area contributed by atoms with Gasteiger partial charge in [0.2, 0.25) is 0 Å². The van der Waals surface area contributed by atoms with Gasteiger partial charge in [0.15, 0.2) is 0 Å². The van der Waals surface area contributed by atoms with Crippen LogP contribution in [0.15, 0.2) is 36.5 Å². The van der Waals surface area contributed by atoms with Crippen LogP contribution in [0.2, 0.25) is 0 Å². The molecule has 0 saturated carbocycles. The van der Waals surface area contributed by atoms with E-state index in [2.05, 4.69) is 16.2 Å². The van der Waals surface area contributed by atoms with Crippen LogP contribution in [0.1, 0.15) is 48.9 Å². The lowest BCUT2D eigenvalue weighted by molar-refractivity contribution is -0.121. The average molecular weight is 484 g/mol. The highest BCUT2D eigenvalue weighted by atomic mass is 16.2. The minimum Gasteiger partial charge on any atom is -0.330 e. The molecule has 0 spiro atoms. The summed E-state index contributed by atoms with van der Waals surface area (Å²) in [4.78, 5) is 49.6. The molecule has 5 heterocycles. The molecule has 10 heteroatoms. The Hall–Kier alpha value is -4.26. The minimum atomic E-state index is -0.738. The molecular weight excluding hydrogens is 458 g/mol. The predicted octanol–water partition coefficient (Wildman–Crippen LogP) is 2.57. The van der Waals surface area contributed by atoms with Crippen molar-refractivity contribution in [2.75, 3.05) is 11.4 Å². The number of aryl methyl sites for hydroxylation is 1. The number of imide groups is 1. The summed E-state index contributed by atoms with van der Waals surface area (Å²) in [5.74, 6) is -0.542. The maximum absolute atomic E-state index is 13.7. The lowest BCUT2D eigenvalue weighted by Crippen LogP contribution is -2.55. The zero-order valence-electron chi connectivity index (χ0n) is 20.5. The van der Waals surface area contributed by atoms with E-state index in [9.17, 15) is 19.6 Å². The Balaban J connectivity index is 1.34. The largest absolute Gasteiger partial charge is 0.332 e. The van der Waals surface area contributed by atoms with Crippen LogP contribution in [0, 0.1) is 11.3 Å². The van der Waals surface area contributed by atoms with E-state index in [1.165, 1.54) is 4.90 Å². The van der Waals surface area contributed by atoms with Crippen molar-refractivity contribution in [2.45, 2.75) is 50.7 Å². The van der Waals surface area contributed by atoms with Gasteiger partial charge in [0.25, 0.3) is 11.8 Å². The number of carbonyl (C=O) groups is 3. The Kier molecular flexibility index (Phi) is 4.55. The van der Waals surface area contributed by atoms with E-state index in [-0.39, 0.29) is 23.3 Å². The number of nitriles is 1. The lowest BCUT2D eigenvalue weighted by Gasteiger charge is -2.34. The first-order chi connectivity index (χ1) is 17.1. The second-order valence-electron chi connectivity index (χ2n) is 10.7. The van der Waals surface area contributed by atoms with Crippen molar-refractivity contribution < 1.29 is 14.4 Å². The number of likely N-dealkylation sites (tertiary alicyclic amines) is 1. The van der Waals surface area contributed by atoms with Gasteiger partial charge in [-0.25, -0.2) is 9.69 Å². The fraction of sp³-hybridized carbons (Fsp3) is 0.385. The number of amides is 4. The van der Waals surface area contributed by atoms with Crippen molar-refractivity contribution in [1.29, 1.82) is 5.26 Å². The number of aromatic nitrogens is 3. The first-order valence-electron chi connectivity index (χ1n) is 11.9. The normalized spacial score (nSPS) is 23.1. The SMILES string of the molecule is Cn1nc(C(C)(C)C)cc1C(=O)N1C[C@H]2CC1C1C(=O)N(c3ccc(C#N)c4ncccc34)C(=O)N12. The Morgan fingerprint density at radius 2 is 1.97 bits per heavy atom. The van der Waals surface area contributed by atoms with Gasteiger partial charge in [-0.3, -0.25) is 19.3 Å². The topological polar surface area (TPSA) is 115 Å². The van der Waals surface area contributed by atoms with Gasteiger partial charge < -0.3 is 9.80 Å². The number of piperazine rings is 1. The molecule has 4 amide bonds. The highest BCUT2D eigenvalue weighted by molar-refractivity contribution is 6.25. The van der Waals surface area contributed by atoms with Gasteiger partial charge in [-0.05, 0) is 36.8 Å². The average Bonchev–Trinajstić information content (AvgIpc) is 3.60. The Labute approximate surface area is 207 Å². The molecule has 2 aromatic heterocycles. The van der Waals surface area contributed by atoms with Crippen LogP contribution < -0.4 is 4.90 Å². The van der Waals surface area contributed by atoms with Gasteiger partial charge >= 0.3 is 6.03 Å². The fourth-order valence-corrected chi connectivity index (χ4v) is 5.74. The van der Waals surface area contributed by atoms with Crippen molar-refractivity contribution in [3.05, 3.63) is 53.5 Å². The number of nitrogens with zero attached hydrogens (tertiary/aromatic N) is 7. The molecule has 3 saturated heterocycles. The number of pyridine rings is 1. The van der Waals surface area contributed by atoms with Crippen molar-refractivity contribution in [2.24, 2.45) is 7.05 Å². The van der Waals surface area contributed by atoms with Gasteiger partial charge in [0.05, 0.1) is 34.5 Å². The minimum absolute atomic E-state index is 0.181. The highest BCUT2D eigenvalue weighted by Gasteiger charge is 2.63. The summed E-state index contributed by atoms with van der Waals surface area (Å²) in [6.07, 6.45) is 2.15. The number of benzene rings is 1. The van der Waals surface area contributed by atoms with Crippen LogP contribution in [0.5, 0.6) is 0 Å². The summed E-state index contributed by atoms with van der Waals surface area (Å²) < 4.78 is 1.59. The third kappa shape index (κ3) is 2.92. The van der Waals surface area contributed by atoms with E-state index in [0.29, 0.717) is 40.8 Å². The summed E-state index contributed by atoms with van der Waals surface area (Å²) in [5.41, 5.74) is 2.30. The van der Waals surface area contributed by atoms with Crippen molar-refractivity contribution >= 4 is 34.4 Å². The van der Waals surface area contributed by atoms with Crippen LogP contribution >= 0.6 is 0 Å². The third-order valence-electron chi connectivity index (χ3n) is 7.50. The van der Waals surface area contributed by atoms with E-state index in [1.807, 2.05) is 26.8 Å². The van der Waals surface area contributed by atoms with Crippen LogP contribution in [0.25, 0.3) is 10.9 Å². The van der Waals surface area contributed by atoms with E-state index in [0.717, 1.165) is 5.69 Å². The molecule has 3 aromatic rings. The lowest BCUT2D eigenvalue weighted by atomic mass is 9.92. The molecule has 0 radical (unpaired) electrons. The van der Waals surface area contributed by atoms with Crippen LogP contribution in [-0.4, -0.2) is 67.1 Å². The van der Waals surface area contributed by atoms with E-state index < -0.39 is 18.1 Å². The molecule has 2 bridgehead atoms. The maximum atomic E-state index is 13.7. The molecule has 10 nitrogen and oxygen atoms in total. The van der Waals surface area contributed by atoms with Gasteiger partial charge in [0.1, 0.15) is 17.8 Å². The van der Waals surface area contributed by atoms with Gasteiger partial charge in [-0.15, -0.1) is 0 Å². The first kappa shape index (κ1) is 22.2. The van der Waals surface area contributed by atoms with Crippen LogP contribution in [-0.2, 0) is 17.3 Å². The number of rotatable bonds is 2. The van der Waals surface area contributed by atoms with Gasteiger partial charge in [-0.1, -0.05) is 20.8 Å². The molecule has 3 fully saturated rings. The monoisotopic (exact) mass is 483 g/mol. The number of fused-ring (bicyclic) bond motifs is 6. The zero-order chi connectivity index (χ0) is 25.5. The summed E-state index contributed by atoms with van der Waals surface area (Å²) in [6.45, 7) is 6.50. The molecule has 182 valence electrons. The maximum Gasteiger partial charge on any atom is 0.332 e. The number of anilines is 1. The molecule has 2 unspecified atom stereocenters. The Morgan fingerprint density at radius 3 is 2.67 bits per heavy atom. The molecule has 0 aliphatic carbocycles. The van der Waals surface area contributed by atoms with Gasteiger partial charge in [0, 0.05) is 30.6 Å². The van der Waals surface area contributed by atoms with Crippen LogP contribution in [0.4, 0.5) is 10.5 Å². The molecule has 36 heavy (non-hydrogen) atoms. The number of hydrogen-bond acceptors (Lipinski definition) is 6. The van der Waals surface area contributed by atoms with Crippen molar-refractivity contribution in [3.63, 3.8) is 0 Å². The fourth-order valence-electron chi connectivity index (χ4n) is 5.74. The molecule has 3 aliphatic heterocycles. The molecule has 3 atom stereocenters. The number of carbonyl (C=O) groups excluding carboxylic acids is 3. The first-order valence-corrected chi connectivity index (χ1v) is 11.9. The second-order valence-corrected chi connectivity index (χ2v) is 10.7. The van der Waals surface area contributed by atoms with E-state index >= 15 is 0 Å². The molecule has 0 N–H and O–H groups in total. The zero-order valence-corrected chi connectivity index (χ0v) is 20.5. The molecule has 6 rings (SSSR count). The Morgan fingerprint density at radius 1 is 1.19 bits per heavy atom.